The maximum Gasteiger partial charge on any atom is 0.322 e. The number of nitrogens with one attached hydrogen (secondary N) is 1. The van der Waals surface area contributed by atoms with Gasteiger partial charge in [-0.2, -0.15) is 0 Å². The third kappa shape index (κ3) is 2.92. The number of piperazine rings is 1. The van der Waals surface area contributed by atoms with E-state index >= 15 is 0 Å². The number of benzene rings is 1. The van der Waals surface area contributed by atoms with Crippen molar-refractivity contribution < 1.29 is 9.59 Å². The first kappa shape index (κ1) is 13.1. The predicted octanol–water partition coefficient (Wildman–Crippen LogP) is 1.60. The molecule has 1 aliphatic heterocycles. The topological polar surface area (TPSA) is 52.6 Å². The molecular formula is C12H14IN3O2. The first-order valence-electron chi connectivity index (χ1n) is 5.62. The maximum atomic E-state index is 12.0. The van der Waals surface area contributed by atoms with Crippen molar-refractivity contribution in [2.24, 2.45) is 0 Å². The highest BCUT2D eigenvalue weighted by atomic mass is 127. The first-order valence-corrected chi connectivity index (χ1v) is 6.70. The molecule has 1 aliphatic rings. The Bertz CT molecular complexity index is 478. The monoisotopic (exact) mass is 359 g/mol. The van der Waals surface area contributed by atoms with E-state index in [4.69, 9.17) is 0 Å². The molecule has 0 bridgehead atoms. The van der Waals surface area contributed by atoms with Gasteiger partial charge in [-0.1, -0.05) is 12.1 Å². The van der Waals surface area contributed by atoms with Crippen LogP contribution < -0.4 is 5.32 Å². The number of para-hydroxylation sites is 1. The maximum absolute atomic E-state index is 12.0. The van der Waals surface area contributed by atoms with Gasteiger partial charge in [0.15, 0.2) is 0 Å². The minimum Gasteiger partial charge on any atom is -0.342 e. The fourth-order valence-corrected chi connectivity index (χ4v) is 2.21. The van der Waals surface area contributed by atoms with Crippen LogP contribution in [0.3, 0.4) is 0 Å². The van der Waals surface area contributed by atoms with Crippen molar-refractivity contribution in [2.45, 2.75) is 0 Å². The van der Waals surface area contributed by atoms with Gasteiger partial charge in [0, 0.05) is 23.7 Å². The predicted molar refractivity (Wildman–Crippen MR) is 77.4 cm³/mol. The fourth-order valence-electron chi connectivity index (χ4n) is 1.69. The lowest BCUT2D eigenvalue weighted by molar-refractivity contribution is -0.133. The van der Waals surface area contributed by atoms with Crippen molar-refractivity contribution in [1.29, 1.82) is 0 Å². The average Bonchev–Trinajstić information content (AvgIpc) is 2.35. The fraction of sp³-hybridized carbons (Fsp3) is 0.333. The number of nitrogens with zero attached hydrogens (tertiary/aromatic N) is 2. The van der Waals surface area contributed by atoms with Gasteiger partial charge in [0.1, 0.15) is 6.54 Å². The van der Waals surface area contributed by atoms with E-state index in [1.807, 2.05) is 24.3 Å². The number of rotatable bonds is 1. The highest BCUT2D eigenvalue weighted by molar-refractivity contribution is 14.1. The lowest BCUT2D eigenvalue weighted by Crippen LogP contribution is -2.51. The molecule has 2 rings (SSSR count). The number of carbonyl (C=O) groups excluding carboxylic acids is 2. The summed E-state index contributed by atoms with van der Waals surface area (Å²) < 4.78 is 0.976. The second-order valence-electron chi connectivity index (χ2n) is 4.15. The molecule has 0 aliphatic carbocycles. The van der Waals surface area contributed by atoms with Crippen LogP contribution in [0.2, 0.25) is 0 Å². The number of amides is 3. The van der Waals surface area contributed by atoms with E-state index in [-0.39, 0.29) is 18.5 Å². The molecule has 0 atom stereocenters. The van der Waals surface area contributed by atoms with Crippen molar-refractivity contribution in [3.8, 4) is 0 Å². The quantitative estimate of drug-likeness (QED) is 0.775. The number of urea groups is 1. The average molecular weight is 359 g/mol. The molecule has 3 amide bonds. The van der Waals surface area contributed by atoms with Gasteiger partial charge in [0.05, 0.1) is 5.69 Å². The zero-order chi connectivity index (χ0) is 13.1. The largest absolute Gasteiger partial charge is 0.342 e. The van der Waals surface area contributed by atoms with E-state index in [9.17, 15) is 9.59 Å². The molecule has 1 N–H and O–H groups in total. The first-order chi connectivity index (χ1) is 8.58. The molecule has 0 radical (unpaired) electrons. The van der Waals surface area contributed by atoms with Crippen LogP contribution in [0.25, 0.3) is 0 Å². The Hall–Kier alpha value is -1.31. The smallest absolute Gasteiger partial charge is 0.322 e. The van der Waals surface area contributed by atoms with Crippen molar-refractivity contribution >= 4 is 40.2 Å². The van der Waals surface area contributed by atoms with Crippen molar-refractivity contribution in [2.75, 3.05) is 32.0 Å². The minimum atomic E-state index is -0.222. The van der Waals surface area contributed by atoms with E-state index in [0.29, 0.717) is 13.1 Å². The molecule has 1 fully saturated rings. The highest BCUT2D eigenvalue weighted by Gasteiger charge is 2.24. The molecule has 1 heterocycles. The number of carbonyl (C=O) groups is 2. The highest BCUT2D eigenvalue weighted by Crippen LogP contribution is 2.17. The van der Waals surface area contributed by atoms with Crippen molar-refractivity contribution in [3.63, 3.8) is 0 Å². The summed E-state index contributed by atoms with van der Waals surface area (Å²) in [6.07, 6.45) is 0. The summed E-state index contributed by atoms with van der Waals surface area (Å²) in [5.74, 6) is -0.0286. The van der Waals surface area contributed by atoms with E-state index in [0.717, 1.165) is 9.26 Å². The summed E-state index contributed by atoms with van der Waals surface area (Å²) in [5.41, 5.74) is 0.773. The van der Waals surface area contributed by atoms with Crippen molar-refractivity contribution in [1.82, 2.24) is 9.80 Å². The molecule has 96 valence electrons. The minimum absolute atomic E-state index is 0.0286. The van der Waals surface area contributed by atoms with Crippen LogP contribution in [0.1, 0.15) is 0 Å². The zero-order valence-corrected chi connectivity index (χ0v) is 12.2. The Morgan fingerprint density at radius 2 is 2.06 bits per heavy atom. The molecule has 1 saturated heterocycles. The lowest BCUT2D eigenvalue weighted by Gasteiger charge is -2.32. The SMILES string of the molecule is CN1CCN(C(=O)Nc2ccccc2I)CC1=O. The lowest BCUT2D eigenvalue weighted by atomic mass is 10.3. The molecule has 0 aromatic heterocycles. The Morgan fingerprint density at radius 1 is 1.33 bits per heavy atom. The molecular weight excluding hydrogens is 345 g/mol. The van der Waals surface area contributed by atoms with E-state index in [2.05, 4.69) is 27.9 Å². The molecule has 18 heavy (non-hydrogen) atoms. The standard InChI is InChI=1S/C12H14IN3O2/c1-15-6-7-16(8-11(15)17)12(18)14-10-5-3-2-4-9(10)13/h2-5H,6-8H2,1H3,(H,14,18). The Balaban J connectivity index is 2.01. The number of anilines is 1. The molecule has 5 nitrogen and oxygen atoms in total. The summed E-state index contributed by atoms with van der Waals surface area (Å²) in [6.45, 7) is 1.29. The summed E-state index contributed by atoms with van der Waals surface area (Å²) in [6, 6.07) is 7.33. The van der Waals surface area contributed by atoms with Gasteiger partial charge in [0.25, 0.3) is 0 Å². The van der Waals surface area contributed by atoms with Crippen LogP contribution in [0.15, 0.2) is 24.3 Å². The number of hydrogen-bond donors (Lipinski definition) is 1. The van der Waals surface area contributed by atoms with Gasteiger partial charge in [0.2, 0.25) is 5.91 Å². The van der Waals surface area contributed by atoms with Crippen LogP contribution in [-0.2, 0) is 4.79 Å². The van der Waals surface area contributed by atoms with Gasteiger partial charge in [-0.05, 0) is 34.7 Å². The van der Waals surface area contributed by atoms with Crippen LogP contribution in [0.4, 0.5) is 10.5 Å². The third-order valence-electron chi connectivity index (χ3n) is 2.86. The molecule has 6 heteroatoms. The van der Waals surface area contributed by atoms with Crippen LogP contribution in [0.5, 0.6) is 0 Å². The Kier molecular flexibility index (Phi) is 4.05. The molecule has 1 aromatic carbocycles. The zero-order valence-electron chi connectivity index (χ0n) is 10.0. The Labute approximate surface area is 119 Å². The van der Waals surface area contributed by atoms with Crippen LogP contribution in [0, 0.1) is 3.57 Å². The normalized spacial score (nSPS) is 15.8. The van der Waals surface area contributed by atoms with Gasteiger partial charge in [-0.3, -0.25) is 4.79 Å². The van der Waals surface area contributed by atoms with Gasteiger partial charge in [-0.25, -0.2) is 4.79 Å². The number of hydrogen-bond acceptors (Lipinski definition) is 2. The molecule has 0 saturated carbocycles. The summed E-state index contributed by atoms with van der Waals surface area (Å²) in [4.78, 5) is 26.7. The van der Waals surface area contributed by atoms with Crippen molar-refractivity contribution in [3.05, 3.63) is 27.8 Å². The van der Waals surface area contributed by atoms with Crippen LogP contribution >= 0.6 is 22.6 Å². The third-order valence-corrected chi connectivity index (χ3v) is 3.80. The second kappa shape index (κ2) is 5.55. The van der Waals surface area contributed by atoms with Gasteiger partial charge >= 0.3 is 6.03 Å². The van der Waals surface area contributed by atoms with Gasteiger partial charge < -0.3 is 15.1 Å². The molecule has 1 aromatic rings. The van der Waals surface area contributed by atoms with Gasteiger partial charge in [-0.15, -0.1) is 0 Å². The Morgan fingerprint density at radius 3 is 2.72 bits per heavy atom. The number of likely N-dealkylation sites (N-methyl/N-ethyl adjacent to an activating group) is 1. The number of halogens is 1. The summed E-state index contributed by atoms with van der Waals surface area (Å²) in [5, 5.41) is 2.82. The molecule has 0 unspecified atom stereocenters. The van der Waals surface area contributed by atoms with Crippen LogP contribution in [-0.4, -0.2) is 48.4 Å². The van der Waals surface area contributed by atoms with E-state index in [1.165, 1.54) is 4.90 Å². The van der Waals surface area contributed by atoms with E-state index < -0.39 is 0 Å². The summed E-state index contributed by atoms with van der Waals surface area (Å²) in [7, 11) is 1.75. The van der Waals surface area contributed by atoms with E-state index in [1.54, 1.807) is 11.9 Å². The molecule has 0 spiro atoms. The second-order valence-corrected chi connectivity index (χ2v) is 5.31. The summed E-state index contributed by atoms with van der Waals surface area (Å²) >= 11 is 2.16.